The fourth-order valence-corrected chi connectivity index (χ4v) is 9.22. The highest BCUT2D eigenvalue weighted by Crippen LogP contribution is 2.66. The molecule has 5 rings (SSSR count). The summed E-state index contributed by atoms with van der Waals surface area (Å²) < 4.78 is 5.80. The van der Waals surface area contributed by atoms with Gasteiger partial charge in [0.15, 0.2) is 5.75 Å². The van der Waals surface area contributed by atoms with E-state index in [9.17, 15) is 14.9 Å². The van der Waals surface area contributed by atoms with Crippen molar-refractivity contribution in [3.63, 3.8) is 0 Å². The average molecular weight is 547 g/mol. The zero-order valence-corrected chi connectivity index (χ0v) is 22.3. The van der Waals surface area contributed by atoms with Crippen molar-refractivity contribution in [2.24, 2.45) is 39.7 Å². The molecule has 0 aromatic heterocycles. The molecule has 1 aromatic rings. The fraction of sp³-hybridized carbons (Fsp3) is 0.704. The van der Waals surface area contributed by atoms with Crippen LogP contribution in [0.2, 0.25) is 0 Å². The van der Waals surface area contributed by atoms with Gasteiger partial charge in [0.2, 0.25) is 0 Å². The second-order valence-electron chi connectivity index (χ2n) is 11.7. The Morgan fingerprint density at radius 1 is 1.09 bits per heavy atom. The van der Waals surface area contributed by atoms with Gasteiger partial charge in [0, 0.05) is 24.5 Å². The van der Waals surface area contributed by atoms with E-state index in [0.29, 0.717) is 29.4 Å². The second-order valence-corrected chi connectivity index (χ2v) is 12.8. The number of ether oxygens (including phenoxy) is 1. The molecule has 8 atom stereocenters. The normalized spacial score (nSPS) is 41.4. The van der Waals surface area contributed by atoms with Crippen LogP contribution in [-0.2, 0) is 9.53 Å². The minimum Gasteiger partial charge on any atom is -0.462 e. The lowest BCUT2D eigenvalue weighted by Crippen LogP contribution is -2.55. The zero-order chi connectivity index (χ0) is 25.0. The van der Waals surface area contributed by atoms with Gasteiger partial charge in [0.1, 0.15) is 6.10 Å². The molecule has 0 bridgehead atoms. The number of nitro benzene ring substituents is 1. The standard InChI is InChI=1S/C27H35BrN2O5/c1-16(31)34-25-11-10-21-20-9-4-17-14-24(29-35-19-7-5-18(6-8-19)30(32)33)23(28)15-27(17,3)22(20)12-13-26(21,25)2/h5-8,17,20-23,25H,4,9-15H2,1-3H3/b29-24+/t17-,20-,21-,22-,23+,25-,26-,27-/m0/s1. The van der Waals surface area contributed by atoms with Gasteiger partial charge in [-0.05, 0) is 92.6 Å². The quantitative estimate of drug-likeness (QED) is 0.182. The van der Waals surface area contributed by atoms with E-state index in [4.69, 9.17) is 9.57 Å². The smallest absolute Gasteiger partial charge is 0.302 e. The number of carbonyl (C=O) groups is 1. The van der Waals surface area contributed by atoms with Crippen LogP contribution in [0.4, 0.5) is 5.69 Å². The predicted octanol–water partition coefficient (Wildman–Crippen LogP) is 6.68. The third-order valence-corrected chi connectivity index (χ3v) is 10.9. The van der Waals surface area contributed by atoms with Gasteiger partial charge in [0.25, 0.3) is 5.69 Å². The molecule has 8 heteroatoms. The predicted molar refractivity (Wildman–Crippen MR) is 137 cm³/mol. The third kappa shape index (κ3) is 4.30. The van der Waals surface area contributed by atoms with Gasteiger partial charge in [-0.2, -0.15) is 0 Å². The van der Waals surface area contributed by atoms with E-state index in [1.54, 1.807) is 12.1 Å². The van der Waals surface area contributed by atoms with Gasteiger partial charge in [-0.15, -0.1) is 0 Å². The summed E-state index contributed by atoms with van der Waals surface area (Å²) >= 11 is 3.92. The molecule has 4 saturated carbocycles. The van der Waals surface area contributed by atoms with Crippen LogP contribution < -0.4 is 4.84 Å². The average Bonchev–Trinajstić information content (AvgIpc) is 3.13. The van der Waals surface area contributed by atoms with Crippen molar-refractivity contribution in [3.8, 4) is 5.75 Å². The van der Waals surface area contributed by atoms with E-state index in [0.717, 1.165) is 31.4 Å². The van der Waals surface area contributed by atoms with Gasteiger partial charge in [-0.25, -0.2) is 0 Å². The molecule has 4 aliphatic rings. The topological polar surface area (TPSA) is 91.0 Å². The van der Waals surface area contributed by atoms with E-state index in [1.165, 1.54) is 44.7 Å². The molecule has 190 valence electrons. The fourth-order valence-electron chi connectivity index (χ4n) is 8.25. The molecular weight excluding hydrogens is 512 g/mol. The monoisotopic (exact) mass is 546 g/mol. The number of oxime groups is 1. The molecule has 0 heterocycles. The van der Waals surface area contributed by atoms with E-state index in [1.807, 2.05) is 0 Å². The van der Waals surface area contributed by atoms with Gasteiger partial charge in [-0.1, -0.05) is 34.9 Å². The lowest BCUT2D eigenvalue weighted by molar-refractivity contribution is -0.384. The number of non-ortho nitro benzene ring substituents is 1. The second kappa shape index (κ2) is 9.16. The molecule has 0 saturated heterocycles. The maximum atomic E-state index is 11.7. The van der Waals surface area contributed by atoms with Crippen LogP contribution in [0.25, 0.3) is 0 Å². The first-order chi connectivity index (χ1) is 16.6. The van der Waals surface area contributed by atoms with Crippen molar-refractivity contribution < 1.29 is 19.3 Å². The molecular formula is C27H35BrN2O5. The molecule has 4 fully saturated rings. The molecule has 0 radical (unpaired) electrons. The highest BCUT2D eigenvalue weighted by atomic mass is 79.9. The van der Waals surface area contributed by atoms with Gasteiger partial charge < -0.3 is 9.57 Å². The van der Waals surface area contributed by atoms with Gasteiger partial charge in [0.05, 0.1) is 15.5 Å². The number of alkyl halides is 1. The number of carbonyl (C=O) groups excluding carboxylic acids is 1. The molecule has 35 heavy (non-hydrogen) atoms. The molecule has 0 spiro atoms. The molecule has 7 nitrogen and oxygen atoms in total. The molecule has 0 amide bonds. The first-order valence-corrected chi connectivity index (χ1v) is 13.8. The molecule has 0 unspecified atom stereocenters. The number of hydrogen-bond donors (Lipinski definition) is 0. The number of hydrogen-bond acceptors (Lipinski definition) is 6. The van der Waals surface area contributed by atoms with E-state index in [2.05, 4.69) is 34.9 Å². The summed E-state index contributed by atoms with van der Waals surface area (Å²) in [6.45, 7) is 6.41. The Labute approximate surface area is 215 Å². The number of nitrogens with zero attached hydrogens (tertiary/aromatic N) is 2. The van der Waals surface area contributed by atoms with Crippen molar-refractivity contribution in [3.05, 3.63) is 34.4 Å². The van der Waals surface area contributed by atoms with E-state index >= 15 is 0 Å². The number of halogens is 1. The first-order valence-electron chi connectivity index (χ1n) is 12.9. The summed E-state index contributed by atoms with van der Waals surface area (Å²) in [4.78, 5) is 28.0. The Hall–Kier alpha value is -1.96. The maximum Gasteiger partial charge on any atom is 0.302 e. The summed E-state index contributed by atoms with van der Waals surface area (Å²) in [5, 5.41) is 15.4. The molecule has 4 aliphatic carbocycles. The number of benzene rings is 1. The van der Waals surface area contributed by atoms with Crippen molar-refractivity contribution in [2.45, 2.75) is 83.1 Å². The van der Waals surface area contributed by atoms with Crippen molar-refractivity contribution >= 4 is 33.3 Å². The third-order valence-electron chi connectivity index (χ3n) is 10.0. The first kappa shape index (κ1) is 24.7. The Morgan fingerprint density at radius 2 is 1.80 bits per heavy atom. The van der Waals surface area contributed by atoms with Crippen LogP contribution >= 0.6 is 15.9 Å². The van der Waals surface area contributed by atoms with Crippen LogP contribution in [0.3, 0.4) is 0 Å². The minimum atomic E-state index is -0.418. The minimum absolute atomic E-state index is 0.0404. The number of nitro groups is 1. The van der Waals surface area contributed by atoms with Crippen molar-refractivity contribution in [1.29, 1.82) is 0 Å². The van der Waals surface area contributed by atoms with Crippen molar-refractivity contribution in [1.82, 2.24) is 0 Å². The summed E-state index contributed by atoms with van der Waals surface area (Å²) in [7, 11) is 0. The lowest BCUT2D eigenvalue weighted by Gasteiger charge is -2.60. The van der Waals surface area contributed by atoms with Gasteiger partial charge in [-0.3, -0.25) is 14.9 Å². The van der Waals surface area contributed by atoms with Crippen LogP contribution in [0.5, 0.6) is 5.75 Å². The highest BCUT2D eigenvalue weighted by molar-refractivity contribution is 9.10. The molecule has 0 N–H and O–H groups in total. The van der Waals surface area contributed by atoms with Crippen LogP contribution in [0.15, 0.2) is 29.4 Å². The van der Waals surface area contributed by atoms with Crippen molar-refractivity contribution in [2.75, 3.05) is 0 Å². The Bertz CT molecular complexity index is 1030. The highest BCUT2D eigenvalue weighted by Gasteiger charge is 2.61. The van der Waals surface area contributed by atoms with Crippen LogP contribution in [0, 0.1) is 44.6 Å². The van der Waals surface area contributed by atoms with E-state index < -0.39 is 4.92 Å². The molecule has 1 aromatic carbocycles. The zero-order valence-electron chi connectivity index (χ0n) is 20.7. The Morgan fingerprint density at radius 3 is 2.49 bits per heavy atom. The molecule has 0 aliphatic heterocycles. The summed E-state index contributed by atoms with van der Waals surface area (Å²) in [6.07, 6.45) is 8.97. The van der Waals surface area contributed by atoms with Crippen LogP contribution in [0.1, 0.15) is 72.1 Å². The summed E-state index contributed by atoms with van der Waals surface area (Å²) in [6, 6.07) is 6.05. The number of rotatable bonds is 4. The van der Waals surface area contributed by atoms with E-state index in [-0.39, 0.29) is 33.4 Å². The SMILES string of the molecule is CC(=O)O[C@H]1CC[C@H]2[C@@H]3CC[C@H]4C/C(=N\Oc5ccc([N+](=O)[O-])cc5)[C@H](Br)C[C@]4(C)[C@H]3CC[C@]12C. The number of esters is 1. The summed E-state index contributed by atoms with van der Waals surface area (Å²) in [5.74, 6) is 2.96. The maximum absolute atomic E-state index is 11.7. The largest absolute Gasteiger partial charge is 0.462 e. The Balaban J connectivity index is 1.29. The summed E-state index contributed by atoms with van der Waals surface area (Å²) in [5.41, 5.74) is 1.44. The lowest BCUT2D eigenvalue weighted by atomic mass is 9.45. The number of fused-ring (bicyclic) bond motifs is 5. The Kier molecular flexibility index (Phi) is 6.47. The van der Waals surface area contributed by atoms with Gasteiger partial charge >= 0.3 is 5.97 Å². The van der Waals surface area contributed by atoms with Crippen LogP contribution in [-0.4, -0.2) is 27.5 Å².